The Kier molecular flexibility index (Phi) is 21.1. The molecule has 2 atom stereocenters. The minimum absolute atomic E-state index is 0.0206. The zero-order valence-corrected chi connectivity index (χ0v) is 48.2. The summed E-state index contributed by atoms with van der Waals surface area (Å²) >= 11 is 7.17. The predicted octanol–water partition coefficient (Wildman–Crippen LogP) is 18.8. The zero-order valence-electron chi connectivity index (χ0n) is 44.1. The Morgan fingerprint density at radius 3 is 1.30 bits per heavy atom. The molecule has 0 spiro atoms. The van der Waals surface area contributed by atoms with Gasteiger partial charge in [0.05, 0.1) is 33.6 Å². The van der Waals surface area contributed by atoms with Gasteiger partial charge in [0.25, 0.3) is 0 Å². The van der Waals surface area contributed by atoms with Crippen molar-refractivity contribution in [2.75, 3.05) is 13.2 Å². The highest BCUT2D eigenvalue weighted by Crippen LogP contribution is 2.46. The number of aromatic nitrogens is 2. The van der Waals surface area contributed by atoms with Gasteiger partial charge < -0.3 is 24.4 Å². The molecule has 0 aliphatic carbocycles. The number of aliphatic carboxylic acids is 2. The van der Waals surface area contributed by atoms with E-state index in [1.807, 2.05) is 49.4 Å². The number of aryl methyl sites for hydroxylation is 2. The van der Waals surface area contributed by atoms with E-state index in [0.717, 1.165) is 61.5 Å². The van der Waals surface area contributed by atoms with Crippen molar-refractivity contribution in [2.24, 2.45) is 0 Å². The summed E-state index contributed by atoms with van der Waals surface area (Å²) < 4.78 is 175. The molecular formula is C58H46F12N2O7S5. The van der Waals surface area contributed by atoms with Crippen LogP contribution in [-0.2, 0) is 46.7 Å². The average molecular weight is 1270 g/mol. The third kappa shape index (κ3) is 18.1. The quantitative estimate of drug-likeness (QED) is 0.0557. The van der Waals surface area contributed by atoms with E-state index in [4.69, 9.17) is 29.4 Å². The fourth-order valence-electron chi connectivity index (χ4n) is 7.76. The number of carboxylic acid groups (broad SMARTS) is 2. The number of benzene rings is 6. The number of nitrogens with zero attached hydrogens (tertiary/aromatic N) is 2. The van der Waals surface area contributed by atoms with E-state index in [1.54, 1.807) is 61.6 Å². The lowest BCUT2D eigenvalue weighted by molar-refractivity contribution is -0.144. The smallest absolute Gasteiger partial charge is 0.416 e. The Bertz CT molecular complexity index is 3520. The first-order valence-corrected chi connectivity index (χ1v) is 29.0. The summed E-state index contributed by atoms with van der Waals surface area (Å²) in [6.45, 7) is 5.91. The molecule has 0 saturated heterocycles. The molecule has 84 heavy (non-hydrogen) atoms. The number of halogens is 12. The van der Waals surface area contributed by atoms with Crippen LogP contribution in [0.1, 0.15) is 78.9 Å². The normalized spacial score (nSPS) is 12.7. The molecule has 0 amide bonds. The van der Waals surface area contributed by atoms with Crippen LogP contribution in [-0.4, -0.2) is 45.3 Å². The molecule has 0 aliphatic heterocycles. The van der Waals surface area contributed by atoms with Gasteiger partial charge in [-0.3, -0.25) is 0 Å². The molecule has 444 valence electrons. The minimum Gasteiger partial charge on any atom is -0.487 e. The summed E-state index contributed by atoms with van der Waals surface area (Å²) in [4.78, 5) is 35.3. The van der Waals surface area contributed by atoms with E-state index in [1.165, 1.54) is 47.4 Å². The van der Waals surface area contributed by atoms with Crippen molar-refractivity contribution in [1.29, 1.82) is 0 Å². The monoisotopic (exact) mass is 1270 g/mol. The third-order valence-electron chi connectivity index (χ3n) is 11.8. The van der Waals surface area contributed by atoms with Gasteiger partial charge in [-0.05, 0) is 130 Å². The maximum absolute atomic E-state index is 13.4. The van der Waals surface area contributed by atoms with Crippen molar-refractivity contribution in [3.63, 3.8) is 0 Å². The van der Waals surface area contributed by atoms with Crippen molar-refractivity contribution in [3.8, 4) is 38.4 Å². The van der Waals surface area contributed by atoms with E-state index in [0.29, 0.717) is 60.9 Å². The number of ether oxygens (including phenoxy) is 3. The summed E-state index contributed by atoms with van der Waals surface area (Å²) in [5.74, 6) is -1.41. The van der Waals surface area contributed by atoms with Gasteiger partial charge in [-0.1, -0.05) is 42.5 Å². The fraction of sp³-hybridized carbons (Fsp3) is 0.241. The van der Waals surface area contributed by atoms with Crippen LogP contribution in [0.25, 0.3) is 21.1 Å². The molecule has 0 fully saturated rings. The topological polar surface area (TPSA) is 128 Å². The maximum atomic E-state index is 13.4. The van der Waals surface area contributed by atoms with Gasteiger partial charge >= 0.3 is 36.6 Å². The maximum Gasteiger partial charge on any atom is 0.416 e. The van der Waals surface area contributed by atoms with Crippen molar-refractivity contribution in [3.05, 3.63) is 188 Å². The first kappa shape index (κ1) is 64.7. The van der Waals surface area contributed by atoms with Crippen LogP contribution in [0.5, 0.6) is 17.2 Å². The van der Waals surface area contributed by atoms with Gasteiger partial charge in [-0.25, -0.2) is 19.6 Å². The lowest BCUT2D eigenvalue weighted by Gasteiger charge is -2.16. The van der Waals surface area contributed by atoms with Crippen LogP contribution in [0.3, 0.4) is 0 Å². The second-order valence-corrected chi connectivity index (χ2v) is 24.1. The van der Waals surface area contributed by atoms with Crippen molar-refractivity contribution in [2.45, 2.75) is 89.9 Å². The Morgan fingerprint density at radius 1 is 0.500 bits per heavy atom. The van der Waals surface area contributed by atoms with Gasteiger partial charge in [-0.15, -0.1) is 58.0 Å². The molecule has 2 aromatic heterocycles. The minimum atomic E-state index is -5.08. The number of rotatable bonds is 20. The molecule has 0 aliphatic rings. The van der Waals surface area contributed by atoms with Gasteiger partial charge in [0.1, 0.15) is 33.9 Å². The zero-order chi connectivity index (χ0) is 61.3. The molecule has 0 bridgehead atoms. The summed E-state index contributed by atoms with van der Waals surface area (Å²) in [5.41, 5.74) is -1.23. The summed E-state index contributed by atoms with van der Waals surface area (Å²) in [6.07, 6.45) is -19.1. The van der Waals surface area contributed by atoms with Crippen molar-refractivity contribution < 1.29 is 86.7 Å². The Balaban J connectivity index is 0.000000245. The van der Waals surface area contributed by atoms with Crippen LogP contribution in [0.15, 0.2) is 148 Å². The van der Waals surface area contributed by atoms with Gasteiger partial charge in [-0.2, -0.15) is 52.7 Å². The molecule has 26 heteroatoms. The molecule has 8 aromatic rings. The number of carboxylic acids is 2. The fourth-order valence-corrected chi connectivity index (χ4v) is 13.4. The standard InChI is InChI=1S/C30H22F9NO4S2.C28H24F3NO3S3/c1-15-9-22(7-8-24(15)44-14-25(41)42)45-16(2)26-23(40-27(46-26)17-3-5-18(6-4-17)28(31,32)33)13-43-21-11-19(29(34,35)36)10-20(12-21)30(37,38)39;1-17-14-22(12-13-24(17)35-15-25(33)34)37-18(2)26-23(16-36-21-6-4-3-5-7-21)32-27(38-26)19-8-10-20(11-9-19)28(29,30)31/h3-12,16H,13-14H2,1-2H3,(H,41,42);3-14,18H,15-16H2,1-2H3,(H,33,34). The van der Waals surface area contributed by atoms with E-state index >= 15 is 0 Å². The molecular weight excluding hydrogens is 1220 g/mol. The molecule has 2 unspecified atom stereocenters. The summed E-state index contributed by atoms with van der Waals surface area (Å²) in [5, 5.41) is 18.2. The number of hydrogen-bond donors (Lipinski definition) is 2. The van der Waals surface area contributed by atoms with Crippen LogP contribution >= 0.6 is 58.0 Å². The second kappa shape index (κ2) is 27.4. The first-order valence-electron chi connectivity index (χ1n) is 24.6. The SMILES string of the molecule is Cc1cc(SC(C)c2sc(-c3ccc(C(F)(F)F)cc3)nc2COc2cc(C(F)(F)F)cc(C(F)(F)F)c2)ccc1OCC(=O)O.Cc1cc(SC(C)c2sc(-c3ccc(C(F)(F)F)cc3)nc2CSc2ccccc2)ccc1OCC(=O)O. The number of hydrogen-bond acceptors (Lipinski definition) is 12. The number of alkyl halides is 12. The molecule has 9 nitrogen and oxygen atoms in total. The van der Waals surface area contributed by atoms with Crippen molar-refractivity contribution in [1.82, 2.24) is 9.97 Å². The third-order valence-corrected chi connectivity index (χ3v) is 18.0. The van der Waals surface area contributed by atoms with Crippen molar-refractivity contribution >= 4 is 69.9 Å². The van der Waals surface area contributed by atoms with Gasteiger partial charge in [0.15, 0.2) is 13.2 Å². The van der Waals surface area contributed by atoms with E-state index in [2.05, 4.69) is 11.9 Å². The van der Waals surface area contributed by atoms with Gasteiger partial charge in [0, 0.05) is 51.8 Å². The predicted molar refractivity (Wildman–Crippen MR) is 299 cm³/mol. The summed E-state index contributed by atoms with van der Waals surface area (Å²) in [6, 6.07) is 30.6. The van der Waals surface area contributed by atoms with Gasteiger partial charge in [0.2, 0.25) is 0 Å². The van der Waals surface area contributed by atoms with E-state index in [-0.39, 0.29) is 22.0 Å². The number of carbonyl (C=O) groups is 2. The molecule has 6 aromatic carbocycles. The lowest BCUT2D eigenvalue weighted by atomic mass is 10.1. The average Bonchev–Trinajstić information content (AvgIpc) is 3.01. The number of thiazole rings is 2. The Hall–Kier alpha value is -6.87. The largest absolute Gasteiger partial charge is 0.487 e. The van der Waals surface area contributed by atoms with Crippen LogP contribution in [0.2, 0.25) is 0 Å². The first-order chi connectivity index (χ1) is 39.4. The second-order valence-electron chi connectivity index (χ2n) is 18.2. The summed E-state index contributed by atoms with van der Waals surface area (Å²) in [7, 11) is 0. The van der Waals surface area contributed by atoms with Crippen LogP contribution < -0.4 is 14.2 Å². The molecule has 0 radical (unpaired) electrons. The van der Waals surface area contributed by atoms with Crippen LogP contribution in [0.4, 0.5) is 52.7 Å². The highest BCUT2D eigenvalue weighted by molar-refractivity contribution is 8.00. The van der Waals surface area contributed by atoms with Crippen LogP contribution in [0, 0.1) is 13.8 Å². The highest BCUT2D eigenvalue weighted by Gasteiger charge is 2.38. The molecule has 8 rings (SSSR count). The molecule has 2 N–H and O–H groups in total. The number of thioether (sulfide) groups is 3. The molecule has 2 heterocycles. The Morgan fingerprint density at radius 2 is 0.905 bits per heavy atom. The Labute approximate surface area is 493 Å². The molecule has 0 saturated carbocycles. The van der Waals surface area contributed by atoms with E-state index < -0.39 is 89.7 Å². The van der Waals surface area contributed by atoms with E-state index in [9.17, 15) is 62.3 Å². The highest BCUT2D eigenvalue weighted by atomic mass is 32.2. The lowest BCUT2D eigenvalue weighted by Crippen LogP contribution is -2.11.